The van der Waals surface area contributed by atoms with E-state index in [-0.39, 0.29) is 18.7 Å². The van der Waals surface area contributed by atoms with Crippen LogP contribution in [0, 0.1) is 5.92 Å². The number of carboxylic acid groups (broad SMARTS) is 1. The van der Waals surface area contributed by atoms with Crippen LogP contribution < -0.4 is 0 Å². The molecule has 18 heavy (non-hydrogen) atoms. The lowest BCUT2D eigenvalue weighted by molar-refractivity contribution is -0.141. The molecule has 0 aliphatic carbocycles. The van der Waals surface area contributed by atoms with E-state index in [9.17, 15) is 9.59 Å². The zero-order chi connectivity index (χ0) is 13.7. The van der Waals surface area contributed by atoms with E-state index in [1.54, 1.807) is 26.0 Å². The molecule has 0 aromatic heterocycles. The van der Waals surface area contributed by atoms with Gasteiger partial charge in [0.25, 0.3) is 0 Å². The van der Waals surface area contributed by atoms with Crippen molar-refractivity contribution >= 4 is 12.0 Å². The quantitative estimate of drug-likeness (QED) is 0.812. The molecule has 1 saturated heterocycles. The van der Waals surface area contributed by atoms with Crippen molar-refractivity contribution in [3.05, 3.63) is 0 Å². The van der Waals surface area contributed by atoms with Crippen LogP contribution in [0.3, 0.4) is 0 Å². The summed E-state index contributed by atoms with van der Waals surface area (Å²) in [6, 6.07) is -0.0994. The second kappa shape index (κ2) is 6.58. The second-order valence-corrected chi connectivity index (χ2v) is 4.82. The Bertz CT molecular complexity index is 300. The first kappa shape index (κ1) is 14.8. The monoisotopic (exact) mass is 258 g/mol. The summed E-state index contributed by atoms with van der Waals surface area (Å²) in [5.41, 5.74) is 0. The van der Waals surface area contributed by atoms with Crippen molar-refractivity contribution in [2.75, 3.05) is 33.8 Å². The summed E-state index contributed by atoms with van der Waals surface area (Å²) >= 11 is 0. The van der Waals surface area contributed by atoms with E-state index in [2.05, 4.69) is 0 Å². The van der Waals surface area contributed by atoms with Gasteiger partial charge < -0.3 is 19.6 Å². The largest absolute Gasteiger partial charge is 0.481 e. The predicted octanol–water partition coefficient (Wildman–Crippen LogP) is 0.870. The van der Waals surface area contributed by atoms with E-state index in [1.807, 2.05) is 0 Å². The predicted molar refractivity (Wildman–Crippen MR) is 66.4 cm³/mol. The molecule has 1 fully saturated rings. The Kier molecular flexibility index (Phi) is 5.40. The lowest BCUT2D eigenvalue weighted by Gasteiger charge is -2.34. The number of carbonyl (C=O) groups excluding carboxylic acids is 1. The second-order valence-electron chi connectivity index (χ2n) is 4.82. The minimum atomic E-state index is -0.882. The van der Waals surface area contributed by atoms with Crippen LogP contribution in [-0.4, -0.2) is 66.8 Å². The van der Waals surface area contributed by atoms with E-state index in [1.165, 1.54) is 4.90 Å². The van der Waals surface area contributed by atoms with E-state index in [0.29, 0.717) is 13.1 Å². The van der Waals surface area contributed by atoms with Gasteiger partial charge in [0.1, 0.15) is 0 Å². The Labute approximate surface area is 107 Å². The Morgan fingerprint density at radius 2 is 2.00 bits per heavy atom. The summed E-state index contributed by atoms with van der Waals surface area (Å²) in [6.45, 7) is 3.17. The third-order valence-electron chi connectivity index (χ3n) is 3.34. The Hall–Kier alpha value is -1.30. The van der Waals surface area contributed by atoms with Crippen molar-refractivity contribution in [3.63, 3.8) is 0 Å². The summed E-state index contributed by atoms with van der Waals surface area (Å²) in [6.07, 6.45) is 1.91. The Balaban J connectivity index is 2.42. The number of carbonyl (C=O) groups is 2. The van der Waals surface area contributed by atoms with Crippen LogP contribution >= 0.6 is 0 Å². The molecule has 0 bridgehead atoms. The Morgan fingerprint density at radius 1 is 1.44 bits per heavy atom. The number of rotatable bonds is 4. The third-order valence-corrected chi connectivity index (χ3v) is 3.34. The number of methoxy groups -OCH3 is 1. The van der Waals surface area contributed by atoms with Crippen molar-refractivity contribution in [2.45, 2.75) is 25.9 Å². The van der Waals surface area contributed by atoms with Gasteiger partial charge in [0.2, 0.25) is 0 Å². The molecule has 1 N–H and O–H groups in total. The molecule has 0 aromatic rings. The standard InChI is InChI=1S/C12H22N2O4/c1-9(11(15)16)8-13(2)12(17)14-6-4-10(18-3)5-7-14/h9-10H,4-8H2,1-3H3,(H,15,16). The summed E-state index contributed by atoms with van der Waals surface area (Å²) < 4.78 is 5.25. The van der Waals surface area contributed by atoms with Gasteiger partial charge in [-0.3, -0.25) is 4.79 Å². The fraction of sp³-hybridized carbons (Fsp3) is 0.833. The number of likely N-dealkylation sites (tertiary alicyclic amines) is 1. The molecule has 104 valence electrons. The van der Waals surface area contributed by atoms with Crippen molar-refractivity contribution in [3.8, 4) is 0 Å². The van der Waals surface area contributed by atoms with Gasteiger partial charge in [-0.25, -0.2) is 4.79 Å². The molecule has 2 amide bonds. The van der Waals surface area contributed by atoms with Gasteiger partial charge in [-0.1, -0.05) is 6.92 Å². The minimum Gasteiger partial charge on any atom is -0.481 e. The number of ether oxygens (including phenoxy) is 1. The molecule has 0 saturated carbocycles. The highest BCUT2D eigenvalue weighted by molar-refractivity contribution is 5.76. The molecular formula is C12H22N2O4. The molecule has 1 heterocycles. The average molecular weight is 258 g/mol. The maximum atomic E-state index is 12.1. The van der Waals surface area contributed by atoms with E-state index in [0.717, 1.165) is 12.8 Å². The van der Waals surface area contributed by atoms with Gasteiger partial charge >= 0.3 is 12.0 Å². The van der Waals surface area contributed by atoms with Crippen molar-refractivity contribution in [1.29, 1.82) is 0 Å². The fourth-order valence-corrected chi connectivity index (χ4v) is 2.09. The van der Waals surface area contributed by atoms with Gasteiger partial charge in [-0.05, 0) is 12.8 Å². The highest BCUT2D eigenvalue weighted by Gasteiger charge is 2.26. The Morgan fingerprint density at radius 3 is 2.44 bits per heavy atom. The third kappa shape index (κ3) is 3.87. The molecule has 1 unspecified atom stereocenters. The van der Waals surface area contributed by atoms with Crippen LogP contribution in [0.1, 0.15) is 19.8 Å². The number of aliphatic carboxylic acids is 1. The number of carboxylic acids is 1. The van der Waals surface area contributed by atoms with Crippen molar-refractivity contribution in [2.24, 2.45) is 5.92 Å². The maximum Gasteiger partial charge on any atom is 0.319 e. The first-order chi connectivity index (χ1) is 8.45. The van der Waals surface area contributed by atoms with Gasteiger partial charge in [-0.2, -0.15) is 0 Å². The highest BCUT2D eigenvalue weighted by atomic mass is 16.5. The minimum absolute atomic E-state index is 0.0994. The number of hydrogen-bond acceptors (Lipinski definition) is 3. The van der Waals surface area contributed by atoms with Gasteiger partial charge in [0.05, 0.1) is 12.0 Å². The first-order valence-electron chi connectivity index (χ1n) is 6.21. The number of hydrogen-bond donors (Lipinski definition) is 1. The van der Waals surface area contributed by atoms with Gasteiger partial charge in [0, 0.05) is 33.8 Å². The van der Waals surface area contributed by atoms with Gasteiger partial charge in [-0.15, -0.1) is 0 Å². The number of amides is 2. The molecule has 0 radical (unpaired) electrons. The lowest BCUT2D eigenvalue weighted by Crippen LogP contribution is -2.47. The number of nitrogens with zero attached hydrogens (tertiary/aromatic N) is 2. The molecule has 1 rings (SSSR count). The SMILES string of the molecule is COC1CCN(C(=O)N(C)CC(C)C(=O)O)CC1. The van der Waals surface area contributed by atoms with Crippen LogP contribution in [0.2, 0.25) is 0 Å². The molecule has 1 aliphatic heterocycles. The maximum absolute atomic E-state index is 12.1. The van der Waals surface area contributed by atoms with Crippen LogP contribution in [0.15, 0.2) is 0 Å². The van der Waals surface area contributed by atoms with E-state index < -0.39 is 11.9 Å². The molecule has 0 aromatic carbocycles. The molecule has 1 aliphatic rings. The molecule has 6 nitrogen and oxygen atoms in total. The summed E-state index contributed by atoms with van der Waals surface area (Å²) in [4.78, 5) is 26.0. The summed E-state index contributed by atoms with van der Waals surface area (Å²) in [7, 11) is 3.33. The van der Waals surface area contributed by atoms with Crippen LogP contribution in [-0.2, 0) is 9.53 Å². The topological polar surface area (TPSA) is 70.1 Å². The van der Waals surface area contributed by atoms with E-state index in [4.69, 9.17) is 9.84 Å². The number of piperidine rings is 1. The van der Waals surface area contributed by atoms with Crippen LogP contribution in [0.4, 0.5) is 4.79 Å². The van der Waals surface area contributed by atoms with Crippen LogP contribution in [0.5, 0.6) is 0 Å². The summed E-state index contributed by atoms with van der Waals surface area (Å²) in [5, 5.41) is 8.82. The van der Waals surface area contributed by atoms with Crippen LogP contribution in [0.25, 0.3) is 0 Å². The number of urea groups is 1. The highest BCUT2D eigenvalue weighted by Crippen LogP contribution is 2.14. The normalized spacial score (nSPS) is 18.5. The molecular weight excluding hydrogens is 236 g/mol. The fourth-order valence-electron chi connectivity index (χ4n) is 2.09. The van der Waals surface area contributed by atoms with E-state index >= 15 is 0 Å². The van der Waals surface area contributed by atoms with Crippen molar-refractivity contribution in [1.82, 2.24) is 9.80 Å². The zero-order valence-corrected chi connectivity index (χ0v) is 11.3. The van der Waals surface area contributed by atoms with Gasteiger partial charge in [0.15, 0.2) is 0 Å². The summed E-state index contributed by atoms with van der Waals surface area (Å²) in [5.74, 6) is -1.43. The zero-order valence-electron chi connectivity index (χ0n) is 11.3. The molecule has 0 spiro atoms. The lowest BCUT2D eigenvalue weighted by atomic mass is 10.1. The molecule has 1 atom stereocenters. The molecule has 6 heteroatoms. The van der Waals surface area contributed by atoms with Crippen molar-refractivity contribution < 1.29 is 19.4 Å². The first-order valence-corrected chi connectivity index (χ1v) is 6.21. The smallest absolute Gasteiger partial charge is 0.319 e. The average Bonchev–Trinajstić information content (AvgIpc) is 2.37.